The predicted octanol–water partition coefficient (Wildman–Crippen LogP) is 3.98. The molecule has 0 N–H and O–H groups in total. The summed E-state index contributed by atoms with van der Waals surface area (Å²) in [7, 11) is 3.19. The van der Waals surface area contributed by atoms with Crippen LogP contribution >= 0.6 is 0 Å². The van der Waals surface area contributed by atoms with Crippen molar-refractivity contribution >= 4 is 11.8 Å². The Morgan fingerprint density at radius 2 is 1.83 bits per heavy atom. The summed E-state index contributed by atoms with van der Waals surface area (Å²) in [5.74, 6) is 1.90. The van der Waals surface area contributed by atoms with Crippen LogP contribution in [-0.2, 0) is 11.2 Å². The Labute approximate surface area is 178 Å². The Bertz CT molecular complexity index is 858. The van der Waals surface area contributed by atoms with Gasteiger partial charge in [0.2, 0.25) is 0 Å². The van der Waals surface area contributed by atoms with Gasteiger partial charge in [-0.15, -0.1) is 0 Å². The number of benzene rings is 2. The van der Waals surface area contributed by atoms with Crippen LogP contribution in [-0.4, -0.2) is 57.5 Å². The second-order valence-electron chi connectivity index (χ2n) is 8.11. The maximum Gasteiger partial charge on any atom is 0.414 e. The SMILES string of the molecule is COc1ccc(N2CC(CN3CCCC(Cc4ccccc4)C3)OC2=O)cc1OC. The summed E-state index contributed by atoms with van der Waals surface area (Å²) in [4.78, 5) is 16.6. The zero-order chi connectivity index (χ0) is 20.9. The number of hydrogen-bond donors (Lipinski definition) is 0. The molecule has 2 unspecified atom stereocenters. The lowest BCUT2D eigenvalue weighted by atomic mass is 9.91. The van der Waals surface area contributed by atoms with E-state index >= 15 is 0 Å². The van der Waals surface area contributed by atoms with Gasteiger partial charge in [0.05, 0.1) is 26.5 Å². The van der Waals surface area contributed by atoms with Crippen LogP contribution in [0, 0.1) is 5.92 Å². The van der Waals surface area contributed by atoms with Gasteiger partial charge in [0.25, 0.3) is 0 Å². The van der Waals surface area contributed by atoms with Crippen LogP contribution in [0.1, 0.15) is 18.4 Å². The Hall–Kier alpha value is -2.73. The first kappa shape index (κ1) is 20.5. The van der Waals surface area contributed by atoms with Crippen LogP contribution < -0.4 is 14.4 Å². The van der Waals surface area contributed by atoms with Crippen LogP contribution in [0.2, 0.25) is 0 Å². The number of cyclic esters (lactones) is 1. The number of amides is 1. The first-order valence-electron chi connectivity index (χ1n) is 10.6. The van der Waals surface area contributed by atoms with Crippen molar-refractivity contribution in [1.29, 1.82) is 0 Å². The van der Waals surface area contributed by atoms with Crippen molar-refractivity contribution in [3.63, 3.8) is 0 Å². The fourth-order valence-corrected chi connectivity index (χ4v) is 4.54. The lowest BCUT2D eigenvalue weighted by molar-refractivity contribution is 0.0875. The zero-order valence-corrected chi connectivity index (χ0v) is 17.8. The molecule has 0 aliphatic carbocycles. The highest BCUT2D eigenvalue weighted by atomic mass is 16.6. The zero-order valence-electron chi connectivity index (χ0n) is 17.8. The van der Waals surface area contributed by atoms with Gasteiger partial charge in [-0.2, -0.15) is 0 Å². The monoisotopic (exact) mass is 410 g/mol. The molecule has 0 aromatic heterocycles. The van der Waals surface area contributed by atoms with E-state index < -0.39 is 0 Å². The first-order chi connectivity index (χ1) is 14.7. The molecule has 2 aliphatic heterocycles. The van der Waals surface area contributed by atoms with Gasteiger partial charge in [0, 0.05) is 19.2 Å². The molecule has 4 rings (SSSR count). The maximum absolute atomic E-state index is 12.5. The lowest BCUT2D eigenvalue weighted by Crippen LogP contribution is -2.41. The van der Waals surface area contributed by atoms with E-state index in [2.05, 4.69) is 35.2 Å². The van der Waals surface area contributed by atoms with Gasteiger partial charge in [-0.25, -0.2) is 4.79 Å². The van der Waals surface area contributed by atoms with E-state index in [1.807, 2.05) is 18.2 Å². The van der Waals surface area contributed by atoms with E-state index in [0.29, 0.717) is 24.0 Å². The average molecular weight is 411 g/mol. The molecule has 160 valence electrons. The van der Waals surface area contributed by atoms with Crippen molar-refractivity contribution in [2.75, 3.05) is 45.3 Å². The minimum atomic E-state index is -0.301. The van der Waals surface area contributed by atoms with Crippen molar-refractivity contribution in [2.24, 2.45) is 5.92 Å². The molecule has 2 atom stereocenters. The average Bonchev–Trinajstić information content (AvgIpc) is 3.14. The second-order valence-corrected chi connectivity index (χ2v) is 8.11. The number of methoxy groups -OCH3 is 2. The number of likely N-dealkylation sites (tertiary alicyclic amines) is 1. The third-order valence-corrected chi connectivity index (χ3v) is 5.99. The Kier molecular flexibility index (Phi) is 6.43. The highest BCUT2D eigenvalue weighted by Crippen LogP contribution is 2.33. The summed E-state index contributed by atoms with van der Waals surface area (Å²) in [5, 5.41) is 0. The number of nitrogens with zero attached hydrogens (tertiary/aromatic N) is 2. The quantitative estimate of drug-likeness (QED) is 0.691. The van der Waals surface area contributed by atoms with Crippen LogP contribution in [0.3, 0.4) is 0 Å². The van der Waals surface area contributed by atoms with E-state index in [0.717, 1.165) is 31.7 Å². The van der Waals surface area contributed by atoms with Crippen molar-refractivity contribution in [2.45, 2.75) is 25.4 Å². The summed E-state index contributed by atoms with van der Waals surface area (Å²) in [6.45, 7) is 3.45. The van der Waals surface area contributed by atoms with E-state index in [9.17, 15) is 4.79 Å². The summed E-state index contributed by atoms with van der Waals surface area (Å²) in [6.07, 6.45) is 3.14. The number of hydrogen-bond acceptors (Lipinski definition) is 5. The van der Waals surface area contributed by atoms with Gasteiger partial charge in [-0.05, 0) is 49.4 Å². The van der Waals surface area contributed by atoms with E-state index in [4.69, 9.17) is 14.2 Å². The molecular weight excluding hydrogens is 380 g/mol. The Morgan fingerprint density at radius 3 is 2.60 bits per heavy atom. The number of rotatable bonds is 7. The standard InChI is InChI=1S/C24H30N2O4/c1-28-22-11-10-20(14-23(22)29-2)26-17-21(30-24(26)27)16-25-12-6-9-19(15-25)13-18-7-4-3-5-8-18/h3-5,7-8,10-11,14,19,21H,6,9,12-13,15-17H2,1-2H3. The molecule has 0 bridgehead atoms. The maximum atomic E-state index is 12.5. The summed E-state index contributed by atoms with van der Waals surface area (Å²) >= 11 is 0. The molecule has 0 spiro atoms. The van der Waals surface area contributed by atoms with Crippen molar-refractivity contribution < 1.29 is 19.0 Å². The van der Waals surface area contributed by atoms with Crippen LogP contribution in [0.25, 0.3) is 0 Å². The van der Waals surface area contributed by atoms with Crippen LogP contribution in [0.4, 0.5) is 10.5 Å². The highest BCUT2D eigenvalue weighted by Gasteiger charge is 2.34. The summed E-state index contributed by atoms with van der Waals surface area (Å²) in [6, 6.07) is 16.2. The van der Waals surface area contributed by atoms with E-state index in [1.165, 1.54) is 18.4 Å². The smallest absolute Gasteiger partial charge is 0.414 e. The van der Waals surface area contributed by atoms with Crippen LogP contribution in [0.5, 0.6) is 11.5 Å². The number of anilines is 1. The number of carbonyl (C=O) groups is 1. The Balaban J connectivity index is 1.35. The summed E-state index contributed by atoms with van der Waals surface area (Å²) < 4.78 is 16.3. The molecule has 2 aliphatic rings. The number of carbonyl (C=O) groups excluding carboxylic acids is 1. The van der Waals surface area contributed by atoms with Gasteiger partial charge in [-0.1, -0.05) is 30.3 Å². The lowest BCUT2D eigenvalue weighted by Gasteiger charge is -2.33. The van der Waals surface area contributed by atoms with Crippen molar-refractivity contribution in [3.05, 3.63) is 54.1 Å². The molecular formula is C24H30N2O4. The number of ether oxygens (including phenoxy) is 3. The molecule has 2 fully saturated rings. The highest BCUT2D eigenvalue weighted by molar-refractivity contribution is 5.90. The third-order valence-electron chi connectivity index (χ3n) is 5.99. The molecule has 30 heavy (non-hydrogen) atoms. The molecule has 2 aromatic rings. The van der Waals surface area contributed by atoms with Crippen molar-refractivity contribution in [3.8, 4) is 11.5 Å². The largest absolute Gasteiger partial charge is 0.493 e. The minimum absolute atomic E-state index is 0.124. The van der Waals surface area contributed by atoms with Gasteiger partial charge < -0.3 is 14.2 Å². The molecule has 0 radical (unpaired) electrons. The van der Waals surface area contributed by atoms with Gasteiger partial charge >= 0.3 is 6.09 Å². The molecule has 6 nitrogen and oxygen atoms in total. The van der Waals surface area contributed by atoms with Crippen molar-refractivity contribution in [1.82, 2.24) is 4.90 Å². The molecule has 0 saturated carbocycles. The third kappa shape index (κ3) is 4.70. The molecule has 1 amide bonds. The topological polar surface area (TPSA) is 51.2 Å². The normalized spacial score (nSPS) is 22.1. The van der Waals surface area contributed by atoms with Gasteiger partial charge in [-0.3, -0.25) is 9.80 Å². The Morgan fingerprint density at radius 1 is 1.03 bits per heavy atom. The van der Waals surface area contributed by atoms with Crippen LogP contribution in [0.15, 0.2) is 48.5 Å². The van der Waals surface area contributed by atoms with Gasteiger partial charge in [0.15, 0.2) is 11.5 Å². The second kappa shape index (κ2) is 9.39. The molecule has 2 saturated heterocycles. The fourth-order valence-electron chi connectivity index (χ4n) is 4.54. The molecule has 2 aromatic carbocycles. The summed E-state index contributed by atoms with van der Waals surface area (Å²) in [5.41, 5.74) is 2.16. The van der Waals surface area contributed by atoms with E-state index in [1.54, 1.807) is 19.1 Å². The molecule has 6 heteroatoms. The fraction of sp³-hybridized carbons (Fsp3) is 0.458. The van der Waals surface area contributed by atoms with E-state index in [-0.39, 0.29) is 12.2 Å². The number of piperidine rings is 1. The predicted molar refractivity (Wildman–Crippen MR) is 116 cm³/mol. The molecule has 2 heterocycles. The van der Waals surface area contributed by atoms with Gasteiger partial charge in [0.1, 0.15) is 6.10 Å². The minimum Gasteiger partial charge on any atom is -0.493 e. The first-order valence-corrected chi connectivity index (χ1v) is 10.6.